The van der Waals surface area contributed by atoms with Crippen LogP contribution in [0.4, 0.5) is 5.69 Å². The minimum Gasteiger partial charge on any atom is -0.466 e. The third-order valence-corrected chi connectivity index (χ3v) is 3.50. The predicted octanol–water partition coefficient (Wildman–Crippen LogP) is 4.16. The molecule has 1 unspecified atom stereocenters. The van der Waals surface area contributed by atoms with Gasteiger partial charge >= 0.3 is 5.97 Å². The molecule has 0 bridgehead atoms. The van der Waals surface area contributed by atoms with Crippen LogP contribution < -0.4 is 5.32 Å². The molecule has 21 heavy (non-hydrogen) atoms. The fourth-order valence-corrected chi connectivity index (χ4v) is 2.45. The number of anilines is 1. The van der Waals surface area contributed by atoms with Gasteiger partial charge in [-0.2, -0.15) is 0 Å². The van der Waals surface area contributed by atoms with E-state index < -0.39 is 0 Å². The second-order valence-corrected chi connectivity index (χ2v) is 5.28. The first-order chi connectivity index (χ1) is 9.92. The number of furan rings is 1. The third-order valence-electron chi connectivity index (χ3n) is 3.50. The summed E-state index contributed by atoms with van der Waals surface area (Å²) in [6.07, 6.45) is 0. The number of hydrogen-bond acceptors (Lipinski definition) is 4. The molecule has 1 atom stereocenters. The van der Waals surface area contributed by atoms with E-state index >= 15 is 0 Å². The maximum absolute atomic E-state index is 11.9. The van der Waals surface area contributed by atoms with E-state index in [9.17, 15) is 4.79 Å². The van der Waals surface area contributed by atoms with Crippen molar-refractivity contribution in [3.8, 4) is 0 Å². The Kier molecular flexibility index (Phi) is 4.36. The van der Waals surface area contributed by atoms with Crippen LogP contribution in [0.1, 0.15) is 46.0 Å². The van der Waals surface area contributed by atoms with Crippen molar-refractivity contribution in [3.05, 3.63) is 52.5 Å². The van der Waals surface area contributed by atoms with Crippen LogP contribution >= 0.6 is 0 Å². The zero-order valence-electron chi connectivity index (χ0n) is 13.1. The van der Waals surface area contributed by atoms with Crippen molar-refractivity contribution in [3.63, 3.8) is 0 Å². The summed E-state index contributed by atoms with van der Waals surface area (Å²) >= 11 is 0. The highest BCUT2D eigenvalue weighted by atomic mass is 16.5. The van der Waals surface area contributed by atoms with E-state index in [0.29, 0.717) is 5.56 Å². The molecule has 0 radical (unpaired) electrons. The Labute approximate surface area is 125 Å². The van der Waals surface area contributed by atoms with Gasteiger partial charge in [-0.05, 0) is 45.9 Å². The molecule has 1 aromatic carbocycles. The van der Waals surface area contributed by atoms with Crippen LogP contribution in [0.2, 0.25) is 0 Å². The highest BCUT2D eigenvalue weighted by Crippen LogP contribution is 2.27. The number of ether oxygens (including phenoxy) is 1. The number of carbonyl (C=O) groups is 1. The summed E-state index contributed by atoms with van der Waals surface area (Å²) in [6.45, 7) is 7.85. The van der Waals surface area contributed by atoms with Gasteiger partial charge in [-0.15, -0.1) is 0 Å². The molecule has 0 spiro atoms. The second-order valence-electron chi connectivity index (χ2n) is 5.28. The standard InChI is InChI=1S/C17H21NO3/c1-10-6-7-16(15(8-10)17(19)20-5)18-12(3)14-9-11(2)21-13(14)4/h6-9,12,18H,1-5H3. The first-order valence-electron chi connectivity index (χ1n) is 6.94. The smallest absolute Gasteiger partial charge is 0.339 e. The normalized spacial score (nSPS) is 12.0. The molecule has 1 N–H and O–H groups in total. The number of carbonyl (C=O) groups excluding carboxylic acids is 1. The van der Waals surface area contributed by atoms with Crippen molar-refractivity contribution in [2.45, 2.75) is 33.7 Å². The fourth-order valence-electron chi connectivity index (χ4n) is 2.45. The second kappa shape index (κ2) is 6.04. The number of aryl methyl sites for hydroxylation is 3. The summed E-state index contributed by atoms with van der Waals surface area (Å²) in [4.78, 5) is 11.9. The SMILES string of the molecule is COC(=O)c1cc(C)ccc1NC(C)c1cc(C)oc1C. The van der Waals surface area contributed by atoms with Gasteiger partial charge in [0, 0.05) is 11.3 Å². The van der Waals surface area contributed by atoms with Gasteiger partial charge < -0.3 is 14.5 Å². The van der Waals surface area contributed by atoms with Gasteiger partial charge in [-0.25, -0.2) is 4.79 Å². The molecule has 1 aromatic heterocycles. The molecule has 2 rings (SSSR count). The Morgan fingerprint density at radius 1 is 1.24 bits per heavy atom. The number of benzene rings is 1. The fraction of sp³-hybridized carbons (Fsp3) is 0.353. The van der Waals surface area contributed by atoms with E-state index in [1.807, 2.05) is 52.0 Å². The summed E-state index contributed by atoms with van der Waals surface area (Å²) < 4.78 is 10.4. The molecule has 0 fully saturated rings. The molecule has 0 saturated carbocycles. The lowest BCUT2D eigenvalue weighted by Gasteiger charge is -2.17. The van der Waals surface area contributed by atoms with Crippen LogP contribution in [-0.4, -0.2) is 13.1 Å². The van der Waals surface area contributed by atoms with Crippen molar-refractivity contribution < 1.29 is 13.9 Å². The summed E-state index contributed by atoms with van der Waals surface area (Å²) in [6, 6.07) is 7.75. The van der Waals surface area contributed by atoms with Crippen molar-refractivity contribution in [1.29, 1.82) is 0 Å². The van der Waals surface area contributed by atoms with Crippen molar-refractivity contribution in [2.24, 2.45) is 0 Å². The highest BCUT2D eigenvalue weighted by Gasteiger charge is 2.17. The molecular weight excluding hydrogens is 266 g/mol. The lowest BCUT2D eigenvalue weighted by Crippen LogP contribution is -2.12. The van der Waals surface area contributed by atoms with Crippen LogP contribution in [0, 0.1) is 20.8 Å². The van der Waals surface area contributed by atoms with Crippen molar-refractivity contribution >= 4 is 11.7 Å². The number of hydrogen-bond donors (Lipinski definition) is 1. The van der Waals surface area contributed by atoms with Gasteiger partial charge in [0.1, 0.15) is 11.5 Å². The largest absolute Gasteiger partial charge is 0.466 e. The highest BCUT2D eigenvalue weighted by molar-refractivity contribution is 5.95. The summed E-state index contributed by atoms with van der Waals surface area (Å²) in [5.41, 5.74) is 3.41. The molecule has 0 aliphatic heterocycles. The number of rotatable bonds is 4. The summed E-state index contributed by atoms with van der Waals surface area (Å²) in [7, 11) is 1.39. The van der Waals surface area contributed by atoms with Crippen LogP contribution in [0.3, 0.4) is 0 Å². The van der Waals surface area contributed by atoms with E-state index in [0.717, 1.165) is 28.3 Å². The Hall–Kier alpha value is -2.23. The molecule has 4 nitrogen and oxygen atoms in total. The molecule has 0 saturated heterocycles. The van der Waals surface area contributed by atoms with Crippen LogP contribution in [0.25, 0.3) is 0 Å². The van der Waals surface area contributed by atoms with Crippen LogP contribution in [-0.2, 0) is 4.74 Å². The van der Waals surface area contributed by atoms with Gasteiger partial charge in [0.25, 0.3) is 0 Å². The topological polar surface area (TPSA) is 51.5 Å². The number of methoxy groups -OCH3 is 1. The van der Waals surface area contributed by atoms with E-state index in [2.05, 4.69) is 5.32 Å². The molecule has 4 heteroatoms. The third kappa shape index (κ3) is 3.27. The van der Waals surface area contributed by atoms with E-state index in [1.165, 1.54) is 7.11 Å². The predicted molar refractivity (Wildman–Crippen MR) is 82.7 cm³/mol. The van der Waals surface area contributed by atoms with Gasteiger partial charge in [0.2, 0.25) is 0 Å². The Bertz CT molecular complexity index is 658. The molecular formula is C17H21NO3. The monoisotopic (exact) mass is 287 g/mol. The van der Waals surface area contributed by atoms with E-state index in [-0.39, 0.29) is 12.0 Å². The quantitative estimate of drug-likeness (QED) is 0.858. The zero-order chi connectivity index (χ0) is 15.6. The molecule has 0 aliphatic carbocycles. The number of esters is 1. The minimum absolute atomic E-state index is 0.0357. The molecule has 2 aromatic rings. The Morgan fingerprint density at radius 2 is 1.95 bits per heavy atom. The van der Waals surface area contributed by atoms with Gasteiger partial charge in [0.15, 0.2) is 0 Å². The first kappa shape index (κ1) is 15.2. The Balaban J connectivity index is 2.31. The average molecular weight is 287 g/mol. The van der Waals surface area contributed by atoms with Gasteiger partial charge in [-0.1, -0.05) is 11.6 Å². The lowest BCUT2D eigenvalue weighted by atomic mass is 10.1. The zero-order valence-corrected chi connectivity index (χ0v) is 13.1. The Morgan fingerprint density at radius 3 is 2.52 bits per heavy atom. The maximum atomic E-state index is 11.9. The summed E-state index contributed by atoms with van der Waals surface area (Å²) in [5.74, 6) is 1.43. The van der Waals surface area contributed by atoms with Gasteiger partial charge in [-0.3, -0.25) is 0 Å². The van der Waals surface area contributed by atoms with E-state index in [4.69, 9.17) is 9.15 Å². The van der Waals surface area contributed by atoms with Gasteiger partial charge in [0.05, 0.1) is 18.7 Å². The first-order valence-corrected chi connectivity index (χ1v) is 6.94. The van der Waals surface area contributed by atoms with Crippen molar-refractivity contribution in [1.82, 2.24) is 0 Å². The maximum Gasteiger partial charge on any atom is 0.339 e. The van der Waals surface area contributed by atoms with Crippen LogP contribution in [0.15, 0.2) is 28.7 Å². The average Bonchev–Trinajstić information content (AvgIpc) is 2.78. The van der Waals surface area contributed by atoms with Crippen LogP contribution in [0.5, 0.6) is 0 Å². The van der Waals surface area contributed by atoms with Crippen molar-refractivity contribution in [2.75, 3.05) is 12.4 Å². The summed E-state index contributed by atoms with van der Waals surface area (Å²) in [5, 5.41) is 3.36. The minimum atomic E-state index is -0.339. The van der Waals surface area contributed by atoms with E-state index in [1.54, 1.807) is 0 Å². The number of nitrogens with one attached hydrogen (secondary N) is 1. The molecule has 112 valence electrons. The molecule has 1 heterocycles. The lowest BCUT2D eigenvalue weighted by molar-refractivity contribution is 0.0601. The molecule has 0 amide bonds. The molecule has 0 aliphatic rings.